The molecule has 4 aromatic carbocycles. The Morgan fingerprint density at radius 2 is 1.06 bits per heavy atom. The molecule has 0 spiro atoms. The first kappa shape index (κ1) is 21.6. The molecule has 0 bridgehead atoms. The molecule has 2 heterocycles. The van der Waals surface area contributed by atoms with Gasteiger partial charge in [0, 0.05) is 0 Å². The van der Waals surface area contributed by atoms with Crippen LogP contribution in [-0.2, 0) is 9.31 Å². The number of hydrogen-bond donors (Lipinski definition) is 0. The molecule has 1 fully saturated rings. The maximum Gasteiger partial charge on any atom is 0.495 e. The minimum Gasteiger partial charge on any atom is -0.399 e. The molecule has 4 heteroatoms. The van der Waals surface area contributed by atoms with Gasteiger partial charge in [0.15, 0.2) is 8.07 Å². The van der Waals surface area contributed by atoms with Gasteiger partial charge in [-0.1, -0.05) is 103 Å². The average Bonchev–Trinajstić information content (AvgIpc) is 3.27. The largest absolute Gasteiger partial charge is 0.495 e. The van der Waals surface area contributed by atoms with E-state index in [2.05, 4.69) is 131 Å². The van der Waals surface area contributed by atoms with Crippen LogP contribution in [0.1, 0.15) is 27.7 Å². The monoisotopic (exact) mass is 460 g/mol. The van der Waals surface area contributed by atoms with Crippen LogP contribution in [0, 0.1) is 0 Å². The number of benzene rings is 4. The smallest absolute Gasteiger partial charge is 0.399 e. The fraction of sp³-hybridized carbons (Fsp3) is 0.200. The van der Waals surface area contributed by atoms with Crippen molar-refractivity contribution in [2.75, 3.05) is 0 Å². The zero-order valence-electron chi connectivity index (χ0n) is 20.2. The number of fused-ring (bicyclic) bond motifs is 3. The van der Waals surface area contributed by atoms with Crippen molar-refractivity contribution in [3.63, 3.8) is 0 Å². The van der Waals surface area contributed by atoms with Crippen molar-refractivity contribution in [3.05, 3.63) is 103 Å². The molecule has 0 atom stereocenters. The summed E-state index contributed by atoms with van der Waals surface area (Å²) in [4.78, 5) is 0. The van der Waals surface area contributed by atoms with Gasteiger partial charge in [-0.15, -0.1) is 0 Å². The van der Waals surface area contributed by atoms with Gasteiger partial charge < -0.3 is 9.31 Å². The summed E-state index contributed by atoms with van der Waals surface area (Å²) in [6.45, 7) is 8.49. The van der Waals surface area contributed by atoms with E-state index in [0.29, 0.717) is 0 Å². The molecule has 0 radical (unpaired) electrons. The lowest BCUT2D eigenvalue weighted by atomic mass is 9.74. The van der Waals surface area contributed by atoms with Crippen molar-refractivity contribution in [3.8, 4) is 11.1 Å². The van der Waals surface area contributed by atoms with E-state index >= 15 is 0 Å². The molecular weight excluding hydrogens is 431 g/mol. The van der Waals surface area contributed by atoms with E-state index in [0.717, 1.165) is 5.46 Å². The zero-order chi connectivity index (χ0) is 23.6. The van der Waals surface area contributed by atoms with Crippen LogP contribution >= 0.6 is 0 Å². The summed E-state index contributed by atoms with van der Waals surface area (Å²) in [7, 11) is -2.89. The van der Waals surface area contributed by atoms with E-state index < -0.39 is 15.2 Å². The lowest BCUT2D eigenvalue weighted by molar-refractivity contribution is 0.00578. The number of hydrogen-bond acceptors (Lipinski definition) is 2. The van der Waals surface area contributed by atoms with E-state index in [1.807, 2.05) is 0 Å². The highest BCUT2D eigenvalue weighted by molar-refractivity contribution is 7.22. The summed E-state index contributed by atoms with van der Waals surface area (Å²) in [5.41, 5.74) is 2.96. The third-order valence-corrected chi connectivity index (χ3v) is 12.9. The van der Waals surface area contributed by atoms with Crippen molar-refractivity contribution in [2.45, 2.75) is 38.9 Å². The van der Waals surface area contributed by atoms with Gasteiger partial charge >= 0.3 is 7.12 Å². The molecule has 1 saturated heterocycles. The third kappa shape index (κ3) is 2.89. The summed E-state index contributed by atoms with van der Waals surface area (Å²) in [5, 5.41) is 5.65. The minimum atomic E-state index is -2.49. The summed E-state index contributed by atoms with van der Waals surface area (Å²) in [5.74, 6) is 0. The van der Waals surface area contributed by atoms with Gasteiger partial charge in [-0.05, 0) is 65.0 Å². The van der Waals surface area contributed by atoms with Crippen molar-refractivity contribution in [1.82, 2.24) is 0 Å². The molecule has 0 unspecified atom stereocenters. The standard InChI is InChI=1S/C30H29BO2Si/c1-29(2)30(3,4)33-31(32-29)25-19-13-21-27-28(25)24-18-11-12-20-26(24)34(27,22-14-7-5-8-15-22)23-16-9-6-10-17-23/h5-21H,1-4H3. The van der Waals surface area contributed by atoms with Crippen LogP contribution in [0.4, 0.5) is 0 Å². The SMILES string of the molecule is CC1(C)OB(c2cccc3c2-c2ccccc2[Si]3(c2ccccc2)c2ccccc2)OC1(C)C. The van der Waals surface area contributed by atoms with Gasteiger partial charge in [-0.3, -0.25) is 0 Å². The van der Waals surface area contributed by atoms with Crippen LogP contribution in [0.3, 0.4) is 0 Å². The lowest BCUT2D eigenvalue weighted by Crippen LogP contribution is -2.73. The summed E-state index contributed by atoms with van der Waals surface area (Å²) in [6.07, 6.45) is 0. The van der Waals surface area contributed by atoms with Crippen LogP contribution in [0.2, 0.25) is 0 Å². The summed E-state index contributed by atoms with van der Waals surface area (Å²) in [6, 6.07) is 37.9. The highest BCUT2D eigenvalue weighted by Gasteiger charge is 2.55. The van der Waals surface area contributed by atoms with Crippen LogP contribution in [0.15, 0.2) is 103 Å². The quantitative estimate of drug-likeness (QED) is 0.385. The Labute approximate surface area is 203 Å². The van der Waals surface area contributed by atoms with Crippen molar-refractivity contribution >= 4 is 41.4 Å². The molecule has 168 valence electrons. The molecule has 0 aromatic heterocycles. The summed E-state index contributed by atoms with van der Waals surface area (Å²) >= 11 is 0. The van der Waals surface area contributed by atoms with Crippen LogP contribution in [0.25, 0.3) is 11.1 Å². The predicted octanol–water partition coefficient (Wildman–Crippen LogP) is 3.34. The van der Waals surface area contributed by atoms with Crippen molar-refractivity contribution in [1.29, 1.82) is 0 Å². The van der Waals surface area contributed by atoms with Crippen LogP contribution in [0.5, 0.6) is 0 Å². The molecule has 4 aromatic rings. The van der Waals surface area contributed by atoms with E-state index in [-0.39, 0.29) is 11.2 Å². The Morgan fingerprint density at radius 3 is 1.65 bits per heavy atom. The molecule has 2 nitrogen and oxygen atoms in total. The lowest BCUT2D eigenvalue weighted by Gasteiger charge is -2.32. The average molecular weight is 460 g/mol. The van der Waals surface area contributed by atoms with Gasteiger partial charge in [-0.25, -0.2) is 0 Å². The fourth-order valence-corrected chi connectivity index (χ4v) is 10.9. The minimum absolute atomic E-state index is 0.383. The van der Waals surface area contributed by atoms with E-state index in [9.17, 15) is 0 Å². The molecule has 2 aliphatic rings. The Balaban J connectivity index is 1.68. The molecular formula is C30H29BO2Si. The second-order valence-corrected chi connectivity index (χ2v) is 14.1. The second-order valence-electron chi connectivity index (χ2n) is 10.4. The third-order valence-electron chi connectivity index (χ3n) is 8.02. The second kappa shape index (κ2) is 7.54. The highest BCUT2D eigenvalue weighted by atomic mass is 28.3. The molecule has 2 aliphatic heterocycles. The molecule has 0 N–H and O–H groups in total. The molecule has 6 rings (SSSR count). The molecule has 0 amide bonds. The maximum absolute atomic E-state index is 6.56. The van der Waals surface area contributed by atoms with Crippen molar-refractivity contribution < 1.29 is 9.31 Å². The van der Waals surface area contributed by atoms with E-state index in [1.54, 1.807) is 0 Å². The Kier molecular flexibility index (Phi) is 4.79. The Hall–Kier alpha value is -2.92. The fourth-order valence-electron chi connectivity index (χ4n) is 5.69. The van der Waals surface area contributed by atoms with Gasteiger partial charge in [0.05, 0.1) is 11.2 Å². The van der Waals surface area contributed by atoms with Gasteiger partial charge in [0.2, 0.25) is 0 Å². The normalized spacial score (nSPS) is 19.0. The molecule has 0 aliphatic carbocycles. The Bertz CT molecular complexity index is 1310. The first-order chi connectivity index (χ1) is 16.4. The van der Waals surface area contributed by atoms with Crippen LogP contribution < -0.4 is 26.2 Å². The topological polar surface area (TPSA) is 18.5 Å². The first-order valence-electron chi connectivity index (χ1n) is 12.1. The van der Waals surface area contributed by atoms with Gasteiger partial charge in [0.1, 0.15) is 0 Å². The van der Waals surface area contributed by atoms with E-state index in [1.165, 1.54) is 31.9 Å². The maximum atomic E-state index is 6.56. The highest BCUT2D eigenvalue weighted by Crippen LogP contribution is 2.38. The zero-order valence-corrected chi connectivity index (χ0v) is 21.2. The molecule has 0 saturated carbocycles. The van der Waals surface area contributed by atoms with E-state index in [4.69, 9.17) is 9.31 Å². The Morgan fingerprint density at radius 1 is 0.559 bits per heavy atom. The van der Waals surface area contributed by atoms with Gasteiger partial charge in [0.25, 0.3) is 0 Å². The number of rotatable bonds is 3. The van der Waals surface area contributed by atoms with Crippen LogP contribution in [-0.4, -0.2) is 26.4 Å². The predicted molar refractivity (Wildman–Crippen MR) is 145 cm³/mol. The first-order valence-corrected chi connectivity index (χ1v) is 14.1. The molecule has 34 heavy (non-hydrogen) atoms. The van der Waals surface area contributed by atoms with Gasteiger partial charge in [-0.2, -0.15) is 0 Å². The summed E-state index contributed by atoms with van der Waals surface area (Å²) < 4.78 is 13.1. The van der Waals surface area contributed by atoms with Crippen molar-refractivity contribution in [2.24, 2.45) is 0 Å².